The summed E-state index contributed by atoms with van der Waals surface area (Å²) in [7, 11) is 0. The molecule has 1 aliphatic heterocycles. The van der Waals surface area contributed by atoms with Gasteiger partial charge in [0.2, 0.25) is 0 Å². The molecule has 3 heteroatoms. The molecule has 1 saturated heterocycles. The van der Waals surface area contributed by atoms with Crippen molar-refractivity contribution in [2.45, 2.75) is 45.3 Å². The zero-order valence-corrected chi connectivity index (χ0v) is 9.42. The Hall–Kier alpha value is -0.700. The number of ether oxygens (including phenoxy) is 1. The molecule has 0 saturated carbocycles. The van der Waals surface area contributed by atoms with Gasteiger partial charge in [0.25, 0.3) is 0 Å². The quantitative estimate of drug-likeness (QED) is 0.687. The van der Waals surface area contributed by atoms with Gasteiger partial charge in [0.05, 0.1) is 6.10 Å². The van der Waals surface area contributed by atoms with Crippen LogP contribution in [-0.4, -0.2) is 34.8 Å². The summed E-state index contributed by atoms with van der Waals surface area (Å²) < 4.78 is 5.66. The number of piperidine rings is 1. The van der Waals surface area contributed by atoms with Crippen LogP contribution in [0.5, 0.6) is 0 Å². The van der Waals surface area contributed by atoms with Crippen molar-refractivity contribution in [2.24, 2.45) is 0 Å². The Morgan fingerprint density at radius 2 is 1.86 bits per heavy atom. The highest BCUT2D eigenvalue weighted by atomic mass is 16.5. The highest BCUT2D eigenvalue weighted by molar-refractivity contribution is 4.89. The van der Waals surface area contributed by atoms with Crippen LogP contribution in [0.4, 0.5) is 0 Å². The average Bonchev–Trinajstić information content (AvgIpc) is 2.02. The summed E-state index contributed by atoms with van der Waals surface area (Å²) in [4.78, 5) is 2.10. The third kappa shape index (κ3) is 3.58. The second kappa shape index (κ2) is 4.22. The van der Waals surface area contributed by atoms with Crippen molar-refractivity contribution >= 4 is 0 Å². The van der Waals surface area contributed by atoms with Crippen LogP contribution in [-0.2, 0) is 4.74 Å². The molecule has 0 amide bonds. The topological polar surface area (TPSA) is 32.7 Å². The first-order valence-electron chi connectivity index (χ1n) is 5.19. The summed E-state index contributed by atoms with van der Waals surface area (Å²) >= 11 is 0. The number of hydrogen-bond donors (Lipinski definition) is 1. The van der Waals surface area contributed by atoms with Crippen LogP contribution < -0.4 is 0 Å². The van der Waals surface area contributed by atoms with E-state index in [1.807, 2.05) is 20.8 Å². The van der Waals surface area contributed by atoms with Crippen LogP contribution in [0.15, 0.2) is 12.5 Å². The molecule has 0 aromatic carbocycles. The fourth-order valence-electron chi connectivity index (χ4n) is 1.53. The summed E-state index contributed by atoms with van der Waals surface area (Å²) in [6.45, 7) is 11.6. The molecule has 0 atom stereocenters. The fraction of sp³-hybridized carbons (Fsp3) is 0.818. The van der Waals surface area contributed by atoms with Gasteiger partial charge in [-0.3, -0.25) is 0 Å². The zero-order chi connectivity index (χ0) is 10.8. The van der Waals surface area contributed by atoms with Crippen molar-refractivity contribution in [1.82, 2.24) is 4.90 Å². The number of aliphatic hydroxyl groups is 1. The van der Waals surface area contributed by atoms with Crippen LogP contribution >= 0.6 is 0 Å². The minimum atomic E-state index is -0.187. The van der Waals surface area contributed by atoms with Crippen LogP contribution in [0, 0.1) is 0 Å². The lowest BCUT2D eigenvalue weighted by Crippen LogP contribution is -2.37. The second-order valence-electron chi connectivity index (χ2n) is 4.83. The minimum Gasteiger partial charge on any atom is -0.474 e. The molecule has 0 bridgehead atoms. The van der Waals surface area contributed by atoms with Gasteiger partial charge in [-0.15, -0.1) is 0 Å². The van der Waals surface area contributed by atoms with E-state index >= 15 is 0 Å². The van der Waals surface area contributed by atoms with Gasteiger partial charge in [-0.2, -0.15) is 0 Å². The summed E-state index contributed by atoms with van der Waals surface area (Å²) in [6, 6.07) is 0. The molecule has 14 heavy (non-hydrogen) atoms. The van der Waals surface area contributed by atoms with Gasteiger partial charge in [0.15, 0.2) is 5.88 Å². The summed E-state index contributed by atoms with van der Waals surface area (Å²) in [5.41, 5.74) is -0.187. The first-order chi connectivity index (χ1) is 6.38. The van der Waals surface area contributed by atoms with Gasteiger partial charge < -0.3 is 14.7 Å². The van der Waals surface area contributed by atoms with Crippen LogP contribution in [0.2, 0.25) is 0 Å². The normalized spacial score (nSPS) is 19.6. The third-order valence-electron chi connectivity index (χ3n) is 2.24. The Morgan fingerprint density at radius 3 is 2.29 bits per heavy atom. The van der Waals surface area contributed by atoms with Crippen molar-refractivity contribution in [2.75, 3.05) is 13.1 Å². The molecular formula is C11H21NO2. The van der Waals surface area contributed by atoms with Crippen molar-refractivity contribution in [3.05, 3.63) is 12.5 Å². The predicted molar refractivity (Wildman–Crippen MR) is 56.8 cm³/mol. The second-order valence-corrected chi connectivity index (χ2v) is 4.83. The summed E-state index contributed by atoms with van der Waals surface area (Å²) in [5.74, 6) is 0.726. The van der Waals surface area contributed by atoms with Gasteiger partial charge in [0, 0.05) is 13.1 Å². The first-order valence-corrected chi connectivity index (χ1v) is 5.19. The minimum absolute atomic E-state index is 0.145. The molecule has 1 aliphatic rings. The average molecular weight is 199 g/mol. The van der Waals surface area contributed by atoms with Crippen molar-refractivity contribution in [3.8, 4) is 0 Å². The summed E-state index contributed by atoms with van der Waals surface area (Å²) in [5, 5.41) is 9.34. The van der Waals surface area contributed by atoms with Crippen molar-refractivity contribution in [1.29, 1.82) is 0 Å². The van der Waals surface area contributed by atoms with Gasteiger partial charge in [-0.25, -0.2) is 0 Å². The Kier molecular flexibility index (Phi) is 3.43. The van der Waals surface area contributed by atoms with Crippen LogP contribution in [0.1, 0.15) is 33.6 Å². The van der Waals surface area contributed by atoms with Crippen LogP contribution in [0.3, 0.4) is 0 Å². The highest BCUT2D eigenvalue weighted by Gasteiger charge is 2.21. The van der Waals surface area contributed by atoms with E-state index in [0.29, 0.717) is 0 Å². The van der Waals surface area contributed by atoms with Crippen molar-refractivity contribution < 1.29 is 9.84 Å². The van der Waals surface area contributed by atoms with E-state index in [1.54, 1.807) is 0 Å². The Labute approximate surface area is 86.4 Å². The van der Waals surface area contributed by atoms with E-state index in [9.17, 15) is 5.11 Å². The number of likely N-dealkylation sites (tertiary alicyclic amines) is 1. The Balaban J connectivity index is 2.38. The maximum absolute atomic E-state index is 9.34. The molecule has 0 aliphatic carbocycles. The van der Waals surface area contributed by atoms with Gasteiger partial charge in [-0.05, 0) is 40.2 Å². The smallest absolute Gasteiger partial charge is 0.182 e. The SMILES string of the molecule is C=C(OC(C)(C)C)N1CCC(O)CC1. The predicted octanol–water partition coefficient (Wildman–Crippen LogP) is 1.73. The maximum Gasteiger partial charge on any atom is 0.182 e. The Morgan fingerprint density at radius 1 is 1.36 bits per heavy atom. The van der Waals surface area contributed by atoms with E-state index in [0.717, 1.165) is 31.8 Å². The highest BCUT2D eigenvalue weighted by Crippen LogP contribution is 2.19. The third-order valence-corrected chi connectivity index (χ3v) is 2.24. The lowest BCUT2D eigenvalue weighted by Gasteiger charge is -2.35. The molecule has 3 nitrogen and oxygen atoms in total. The molecule has 1 fully saturated rings. The number of hydrogen-bond acceptors (Lipinski definition) is 3. The molecule has 1 rings (SSSR count). The standard InChI is InChI=1S/C11H21NO2/c1-9(14-11(2,3)4)12-7-5-10(13)6-8-12/h10,13H,1,5-8H2,2-4H3. The largest absolute Gasteiger partial charge is 0.474 e. The van der Waals surface area contributed by atoms with E-state index < -0.39 is 0 Å². The lowest BCUT2D eigenvalue weighted by atomic mass is 10.1. The molecular weight excluding hydrogens is 178 g/mol. The maximum atomic E-state index is 9.34. The first kappa shape index (κ1) is 11.4. The van der Waals surface area contributed by atoms with Gasteiger partial charge in [-0.1, -0.05) is 0 Å². The molecule has 0 aromatic rings. The molecule has 1 heterocycles. The van der Waals surface area contributed by atoms with E-state index in [-0.39, 0.29) is 11.7 Å². The van der Waals surface area contributed by atoms with Gasteiger partial charge in [0.1, 0.15) is 5.60 Å². The number of nitrogens with zero attached hydrogens (tertiary/aromatic N) is 1. The van der Waals surface area contributed by atoms with E-state index in [1.165, 1.54) is 0 Å². The lowest BCUT2D eigenvalue weighted by molar-refractivity contribution is -0.0139. The van der Waals surface area contributed by atoms with E-state index in [4.69, 9.17) is 4.74 Å². The number of rotatable bonds is 2. The van der Waals surface area contributed by atoms with Crippen molar-refractivity contribution in [3.63, 3.8) is 0 Å². The zero-order valence-electron chi connectivity index (χ0n) is 9.42. The number of aliphatic hydroxyl groups excluding tert-OH is 1. The molecule has 1 N–H and O–H groups in total. The monoisotopic (exact) mass is 199 g/mol. The molecule has 0 aromatic heterocycles. The Bertz CT molecular complexity index is 200. The fourth-order valence-corrected chi connectivity index (χ4v) is 1.53. The van der Waals surface area contributed by atoms with Gasteiger partial charge >= 0.3 is 0 Å². The molecule has 0 spiro atoms. The molecule has 82 valence electrons. The molecule has 0 unspecified atom stereocenters. The van der Waals surface area contributed by atoms with Crippen LogP contribution in [0.25, 0.3) is 0 Å². The molecule has 0 radical (unpaired) electrons. The summed E-state index contributed by atoms with van der Waals surface area (Å²) in [6.07, 6.45) is 1.48. The van der Waals surface area contributed by atoms with E-state index in [2.05, 4.69) is 11.5 Å².